The molecule has 0 spiro atoms. The first-order valence-electron chi connectivity index (χ1n) is 10.1. The minimum atomic E-state index is -5.22. The lowest BCUT2D eigenvalue weighted by atomic mass is 9.73. The maximum Gasteiger partial charge on any atom is 0.417 e. The molecule has 0 radical (unpaired) electrons. The van der Waals surface area contributed by atoms with Crippen LogP contribution < -0.4 is 10.6 Å². The number of hydrogen-bond acceptors (Lipinski definition) is 4. The van der Waals surface area contributed by atoms with E-state index in [0.717, 1.165) is 12.1 Å². The first-order valence-corrected chi connectivity index (χ1v) is 10.4. The number of nitrogens with two attached hydrogens (primary N) is 1. The van der Waals surface area contributed by atoms with E-state index in [2.05, 4.69) is 4.98 Å². The van der Waals surface area contributed by atoms with Gasteiger partial charge in [0.2, 0.25) is 0 Å². The summed E-state index contributed by atoms with van der Waals surface area (Å²) in [5.74, 6) is 4.67. The van der Waals surface area contributed by atoms with Gasteiger partial charge >= 0.3 is 12.4 Å². The largest absolute Gasteiger partial charge is 0.496 e. The summed E-state index contributed by atoms with van der Waals surface area (Å²) >= 11 is 5.91. The molecule has 0 saturated carbocycles. The highest BCUT2D eigenvalue weighted by molar-refractivity contribution is 6.35. The molecule has 0 amide bonds. The van der Waals surface area contributed by atoms with Crippen LogP contribution in [-0.4, -0.2) is 33.7 Å². The average molecular weight is 528 g/mol. The molecule has 0 saturated heterocycles. The fraction of sp³-hybridized carbons (Fsp3) is 0.409. The van der Waals surface area contributed by atoms with Crippen molar-refractivity contribution in [2.24, 2.45) is 0 Å². The molecule has 3 aromatic rings. The number of aliphatic hydroxyl groups is 1. The second-order valence-corrected chi connectivity index (χ2v) is 9.24. The summed E-state index contributed by atoms with van der Waals surface area (Å²) in [6.45, 7) is 2.72. The van der Waals surface area contributed by atoms with E-state index in [1.807, 2.05) is 0 Å². The Kier molecular flexibility index (Phi) is 6.71. The number of imidazole rings is 1. The predicted octanol–water partition coefficient (Wildman–Crippen LogP) is 5.77. The SMILES string of the molecule is COc1ccc(F)cc1C(C)(C)CC(O)(Cc1nc2cc(C(F)(F)F)cc(Cl)c2n1N)C(F)(F)F. The minimum Gasteiger partial charge on any atom is -0.496 e. The lowest BCUT2D eigenvalue weighted by Gasteiger charge is -2.38. The van der Waals surface area contributed by atoms with Crippen LogP contribution in [0.4, 0.5) is 30.7 Å². The van der Waals surface area contributed by atoms with E-state index in [-0.39, 0.29) is 16.8 Å². The van der Waals surface area contributed by atoms with E-state index < -0.39 is 64.0 Å². The van der Waals surface area contributed by atoms with Crippen molar-refractivity contribution in [2.75, 3.05) is 13.0 Å². The van der Waals surface area contributed by atoms with Gasteiger partial charge in [0.25, 0.3) is 0 Å². The number of hydrogen-bond donors (Lipinski definition) is 2. The van der Waals surface area contributed by atoms with Crippen LogP contribution in [0, 0.1) is 5.82 Å². The third kappa shape index (κ3) is 5.13. The molecule has 5 nitrogen and oxygen atoms in total. The number of halogens is 8. The van der Waals surface area contributed by atoms with Crippen molar-refractivity contribution in [1.82, 2.24) is 9.66 Å². The second kappa shape index (κ2) is 8.74. The molecule has 0 fully saturated rings. The highest BCUT2D eigenvalue weighted by Gasteiger charge is 2.57. The number of nitrogen functional groups attached to an aromatic ring is 1. The Morgan fingerprint density at radius 1 is 1.09 bits per heavy atom. The number of rotatable bonds is 6. The zero-order valence-electron chi connectivity index (χ0n) is 18.7. The van der Waals surface area contributed by atoms with Crippen LogP contribution in [0.25, 0.3) is 11.0 Å². The number of aromatic nitrogens is 2. The van der Waals surface area contributed by atoms with Crippen molar-refractivity contribution in [1.29, 1.82) is 0 Å². The molecule has 1 heterocycles. The molecule has 0 bridgehead atoms. The summed E-state index contributed by atoms with van der Waals surface area (Å²) in [6, 6.07) is 4.51. The molecule has 3 rings (SSSR count). The summed E-state index contributed by atoms with van der Waals surface area (Å²) in [5.41, 5.74) is -6.65. The van der Waals surface area contributed by atoms with E-state index in [1.54, 1.807) is 0 Å². The Hall–Kier alpha value is -2.73. The summed E-state index contributed by atoms with van der Waals surface area (Å²) in [5, 5.41) is 10.4. The van der Waals surface area contributed by atoms with Gasteiger partial charge in [-0.15, -0.1) is 0 Å². The van der Waals surface area contributed by atoms with Gasteiger partial charge in [-0.2, -0.15) is 26.3 Å². The molecule has 13 heteroatoms. The molecule has 1 atom stereocenters. The van der Waals surface area contributed by atoms with Crippen molar-refractivity contribution >= 4 is 22.6 Å². The highest BCUT2D eigenvalue weighted by atomic mass is 35.5. The zero-order valence-corrected chi connectivity index (χ0v) is 19.4. The van der Waals surface area contributed by atoms with Crippen LogP contribution in [0.3, 0.4) is 0 Å². The third-order valence-corrected chi connectivity index (χ3v) is 6.03. The molecule has 3 N–H and O–H groups in total. The van der Waals surface area contributed by atoms with Crippen molar-refractivity contribution in [3.8, 4) is 5.75 Å². The third-order valence-electron chi connectivity index (χ3n) is 5.74. The lowest BCUT2D eigenvalue weighted by Crippen LogP contribution is -2.51. The van der Waals surface area contributed by atoms with Crippen molar-refractivity contribution in [2.45, 2.75) is 50.1 Å². The van der Waals surface area contributed by atoms with Crippen LogP contribution in [0.2, 0.25) is 5.02 Å². The second-order valence-electron chi connectivity index (χ2n) is 8.83. The Balaban J connectivity index is 2.09. The van der Waals surface area contributed by atoms with Crippen LogP contribution in [0.1, 0.15) is 37.2 Å². The Morgan fingerprint density at radius 3 is 2.26 bits per heavy atom. The number of nitrogens with zero attached hydrogens (tertiary/aromatic N) is 2. The monoisotopic (exact) mass is 527 g/mol. The smallest absolute Gasteiger partial charge is 0.417 e. The van der Waals surface area contributed by atoms with Gasteiger partial charge in [0.05, 0.1) is 23.2 Å². The molecular formula is C22H21ClF7N3O2. The van der Waals surface area contributed by atoms with Gasteiger partial charge in [0.1, 0.15) is 22.9 Å². The topological polar surface area (TPSA) is 73.3 Å². The van der Waals surface area contributed by atoms with E-state index in [4.69, 9.17) is 22.2 Å². The molecule has 0 aliphatic carbocycles. The van der Waals surface area contributed by atoms with Gasteiger partial charge in [0, 0.05) is 12.0 Å². The predicted molar refractivity (Wildman–Crippen MR) is 115 cm³/mol. The number of ether oxygens (including phenoxy) is 1. The Morgan fingerprint density at radius 2 is 1.71 bits per heavy atom. The number of benzene rings is 2. The average Bonchev–Trinajstić information content (AvgIpc) is 3.01. The minimum absolute atomic E-state index is 0.0711. The molecule has 1 aromatic heterocycles. The molecule has 0 aliphatic rings. The van der Waals surface area contributed by atoms with E-state index in [0.29, 0.717) is 16.8 Å². The number of fused-ring (bicyclic) bond motifs is 1. The van der Waals surface area contributed by atoms with Gasteiger partial charge in [-0.25, -0.2) is 14.1 Å². The van der Waals surface area contributed by atoms with Gasteiger partial charge in [-0.05, 0) is 42.2 Å². The normalized spacial score (nSPS) is 14.9. The Bertz CT molecular complexity index is 1250. The zero-order chi connectivity index (χ0) is 26.6. The fourth-order valence-electron chi connectivity index (χ4n) is 4.08. The Labute approximate surface area is 200 Å². The molecule has 35 heavy (non-hydrogen) atoms. The molecular weight excluding hydrogens is 507 g/mol. The van der Waals surface area contributed by atoms with Gasteiger partial charge in [-0.1, -0.05) is 25.4 Å². The number of alkyl halides is 6. The maximum absolute atomic E-state index is 14.2. The number of methoxy groups -OCH3 is 1. The quantitative estimate of drug-likeness (QED) is 0.315. The van der Waals surface area contributed by atoms with Crippen molar-refractivity contribution in [3.63, 3.8) is 0 Å². The van der Waals surface area contributed by atoms with Gasteiger partial charge in [-0.3, -0.25) is 0 Å². The van der Waals surface area contributed by atoms with Crippen LogP contribution in [0.5, 0.6) is 5.75 Å². The maximum atomic E-state index is 14.2. The molecule has 0 aliphatic heterocycles. The molecule has 192 valence electrons. The van der Waals surface area contributed by atoms with Gasteiger partial charge in [0.15, 0.2) is 5.60 Å². The highest BCUT2D eigenvalue weighted by Crippen LogP contribution is 2.45. The van der Waals surface area contributed by atoms with E-state index in [1.165, 1.54) is 27.0 Å². The van der Waals surface area contributed by atoms with Crippen molar-refractivity contribution in [3.05, 3.63) is 58.1 Å². The standard InChI is InChI=1S/C22H21ClF7N3O2/c1-19(2,13-8-12(24)4-5-16(13)35-3)10-20(34,22(28,29)30)9-17-32-15-7-11(21(25,26)27)6-14(23)18(15)33(17)31/h4-8,34H,9-10,31H2,1-3H3. The molecule has 1 unspecified atom stereocenters. The summed E-state index contributed by atoms with van der Waals surface area (Å²) in [4.78, 5) is 3.81. The summed E-state index contributed by atoms with van der Waals surface area (Å²) in [6.07, 6.45) is -12.2. The fourth-order valence-corrected chi connectivity index (χ4v) is 4.38. The summed E-state index contributed by atoms with van der Waals surface area (Å²) in [7, 11) is 1.26. The van der Waals surface area contributed by atoms with E-state index in [9.17, 15) is 35.8 Å². The first kappa shape index (κ1) is 26.9. The van der Waals surface area contributed by atoms with Crippen molar-refractivity contribution < 1.29 is 40.6 Å². The van der Waals surface area contributed by atoms with Crippen LogP contribution in [-0.2, 0) is 18.0 Å². The molecule has 2 aromatic carbocycles. The first-order chi connectivity index (χ1) is 15.9. The van der Waals surface area contributed by atoms with Crippen LogP contribution in [0.15, 0.2) is 30.3 Å². The lowest BCUT2D eigenvalue weighted by molar-refractivity contribution is -0.266. The summed E-state index contributed by atoms with van der Waals surface area (Å²) < 4.78 is 102. The van der Waals surface area contributed by atoms with Gasteiger partial charge < -0.3 is 15.7 Å². The van der Waals surface area contributed by atoms with Crippen LogP contribution >= 0.6 is 11.6 Å². The van der Waals surface area contributed by atoms with E-state index >= 15 is 0 Å².